The van der Waals surface area contributed by atoms with Crippen LogP contribution in [0, 0.1) is 25.2 Å². The summed E-state index contributed by atoms with van der Waals surface area (Å²) in [7, 11) is 2.14. The summed E-state index contributed by atoms with van der Waals surface area (Å²) in [4.78, 5) is 19.3. The summed E-state index contributed by atoms with van der Waals surface area (Å²) in [6.45, 7) is 8.29. The molecule has 30 heavy (non-hydrogen) atoms. The van der Waals surface area contributed by atoms with Gasteiger partial charge in [0.1, 0.15) is 0 Å². The van der Waals surface area contributed by atoms with Crippen molar-refractivity contribution in [1.82, 2.24) is 10.3 Å². The fraction of sp³-hybridized carbons (Fsp3) is 0.480. The highest BCUT2D eigenvalue weighted by Crippen LogP contribution is 2.31. The monoisotopic (exact) mass is 406 g/mol. The maximum Gasteiger partial charge on any atom is 0.253 e. The van der Waals surface area contributed by atoms with Crippen LogP contribution in [0.15, 0.2) is 30.5 Å². The van der Waals surface area contributed by atoms with Gasteiger partial charge in [0, 0.05) is 38.1 Å². The molecule has 1 N–H and O–H groups in total. The lowest BCUT2D eigenvalue weighted by Crippen LogP contribution is -2.43. The zero-order chi connectivity index (χ0) is 21.8. The molecule has 1 aromatic carbocycles. The van der Waals surface area contributed by atoms with Gasteiger partial charge in [0.05, 0.1) is 17.2 Å². The highest BCUT2D eigenvalue weighted by atomic mass is 16.1. The molecule has 0 bridgehead atoms. The Hall–Kier alpha value is -2.87. The molecule has 0 unspecified atom stereocenters. The summed E-state index contributed by atoms with van der Waals surface area (Å²) in [5, 5.41) is 12.4. The number of nitriles is 1. The third kappa shape index (κ3) is 4.64. The smallest absolute Gasteiger partial charge is 0.253 e. The topological polar surface area (TPSA) is 69.0 Å². The van der Waals surface area contributed by atoms with Gasteiger partial charge in [0.15, 0.2) is 0 Å². The van der Waals surface area contributed by atoms with Gasteiger partial charge in [-0.15, -0.1) is 0 Å². The number of nitrogens with zero attached hydrogens (tertiary/aromatic N) is 3. The molecule has 2 aromatic rings. The average molecular weight is 407 g/mol. The van der Waals surface area contributed by atoms with Crippen molar-refractivity contribution in [3.05, 3.63) is 58.4 Å². The number of aromatic nitrogens is 1. The Bertz CT molecular complexity index is 941. The van der Waals surface area contributed by atoms with E-state index in [0.717, 1.165) is 42.5 Å². The molecule has 3 rings (SSSR count). The van der Waals surface area contributed by atoms with Crippen LogP contribution >= 0.6 is 0 Å². The van der Waals surface area contributed by atoms with Crippen LogP contribution in [0.1, 0.15) is 79.6 Å². The van der Waals surface area contributed by atoms with Crippen molar-refractivity contribution in [1.29, 1.82) is 5.26 Å². The Kier molecular flexibility index (Phi) is 6.77. The molecule has 5 heteroatoms. The van der Waals surface area contributed by atoms with Gasteiger partial charge in [-0.05, 0) is 80.8 Å². The molecule has 1 heterocycles. The number of hydrogen-bond acceptors (Lipinski definition) is 4. The number of carbonyl (C=O) groups is 1. The van der Waals surface area contributed by atoms with Crippen LogP contribution in [0.5, 0.6) is 0 Å². The largest absolute Gasteiger partial charge is 0.371 e. The van der Waals surface area contributed by atoms with E-state index in [1.54, 1.807) is 6.20 Å². The van der Waals surface area contributed by atoms with Crippen LogP contribution in [-0.2, 0) is 0 Å². The molecule has 1 saturated carbocycles. The van der Waals surface area contributed by atoms with Crippen LogP contribution in [0.4, 0.5) is 5.69 Å². The molecule has 1 aliphatic rings. The van der Waals surface area contributed by atoms with Crippen LogP contribution in [-0.4, -0.2) is 30.0 Å². The third-order valence-corrected chi connectivity index (χ3v) is 6.48. The third-order valence-electron chi connectivity index (χ3n) is 6.48. The van der Waals surface area contributed by atoms with Crippen LogP contribution in [0.2, 0.25) is 0 Å². The second-order valence-electron chi connectivity index (χ2n) is 8.71. The molecule has 0 saturated heterocycles. The van der Waals surface area contributed by atoms with Crippen molar-refractivity contribution >= 4 is 11.6 Å². The Morgan fingerprint density at radius 1 is 1.17 bits per heavy atom. The SMILES string of the molecule is Cc1c(C#N)ccc(N(C)C2CCC(NC(=O)c3ccc(C(C)C)nc3)CC2)c1C.[HH]. The molecule has 1 amide bonds. The average Bonchev–Trinajstić information content (AvgIpc) is 2.75. The maximum absolute atomic E-state index is 12.6. The molecule has 160 valence electrons. The quantitative estimate of drug-likeness (QED) is 0.748. The first-order chi connectivity index (χ1) is 14.3. The second-order valence-corrected chi connectivity index (χ2v) is 8.71. The van der Waals surface area contributed by atoms with Crippen molar-refractivity contribution in [3.8, 4) is 6.07 Å². The highest BCUT2D eigenvalue weighted by molar-refractivity contribution is 5.94. The van der Waals surface area contributed by atoms with E-state index in [1.807, 2.05) is 25.1 Å². The van der Waals surface area contributed by atoms with Crippen LogP contribution in [0.25, 0.3) is 0 Å². The maximum atomic E-state index is 12.6. The first-order valence-electron chi connectivity index (χ1n) is 10.8. The van der Waals surface area contributed by atoms with E-state index >= 15 is 0 Å². The van der Waals surface area contributed by atoms with E-state index in [0.29, 0.717) is 17.5 Å². The van der Waals surface area contributed by atoms with E-state index < -0.39 is 0 Å². The van der Waals surface area contributed by atoms with Crippen molar-refractivity contribution in [2.45, 2.75) is 71.4 Å². The fourth-order valence-corrected chi connectivity index (χ4v) is 4.26. The Morgan fingerprint density at radius 3 is 2.43 bits per heavy atom. The predicted molar refractivity (Wildman–Crippen MR) is 123 cm³/mol. The second kappa shape index (κ2) is 9.30. The minimum absolute atomic E-state index is 0. The molecular formula is C25H34N4O. The summed E-state index contributed by atoms with van der Waals surface area (Å²) in [5.41, 5.74) is 5.79. The Balaban J connectivity index is 0.00000341. The van der Waals surface area contributed by atoms with Gasteiger partial charge >= 0.3 is 0 Å². The van der Waals surface area contributed by atoms with Gasteiger partial charge in [-0.25, -0.2) is 0 Å². The van der Waals surface area contributed by atoms with Gasteiger partial charge in [-0.2, -0.15) is 5.26 Å². The van der Waals surface area contributed by atoms with E-state index in [-0.39, 0.29) is 13.4 Å². The van der Waals surface area contributed by atoms with Crippen molar-refractivity contribution < 1.29 is 6.22 Å². The van der Waals surface area contributed by atoms with Gasteiger partial charge in [-0.3, -0.25) is 9.78 Å². The molecule has 1 fully saturated rings. The van der Waals surface area contributed by atoms with Crippen LogP contribution < -0.4 is 10.2 Å². The van der Waals surface area contributed by atoms with Crippen molar-refractivity contribution in [2.75, 3.05) is 11.9 Å². The van der Waals surface area contributed by atoms with E-state index in [1.165, 1.54) is 11.3 Å². The summed E-state index contributed by atoms with van der Waals surface area (Å²) in [6, 6.07) is 10.7. The molecule has 1 aromatic heterocycles. The number of rotatable bonds is 5. The lowest BCUT2D eigenvalue weighted by atomic mass is 9.89. The number of anilines is 1. The number of amides is 1. The Morgan fingerprint density at radius 2 is 1.87 bits per heavy atom. The van der Waals surface area contributed by atoms with Crippen molar-refractivity contribution in [2.24, 2.45) is 0 Å². The fourth-order valence-electron chi connectivity index (χ4n) is 4.26. The van der Waals surface area contributed by atoms with Crippen LogP contribution in [0.3, 0.4) is 0 Å². The zero-order valence-electron chi connectivity index (χ0n) is 18.7. The van der Waals surface area contributed by atoms with Gasteiger partial charge in [-0.1, -0.05) is 13.8 Å². The van der Waals surface area contributed by atoms with Gasteiger partial charge in [0.25, 0.3) is 5.91 Å². The number of hydrogen-bond donors (Lipinski definition) is 1. The highest BCUT2D eigenvalue weighted by Gasteiger charge is 2.26. The number of carbonyl (C=O) groups excluding carboxylic acids is 1. The molecule has 1 aliphatic carbocycles. The standard InChI is InChI=1S/C25H32N4O.H2/c1-16(2)23-12-6-20(15-27-23)25(30)28-21-8-10-22(11-9-21)29(5)24-13-7-19(14-26)17(3)18(24)4;/h6-7,12-13,15-16,21-22H,8-11H2,1-5H3,(H,28,30);1H. The van der Waals surface area contributed by atoms with E-state index in [9.17, 15) is 10.1 Å². The minimum Gasteiger partial charge on any atom is -0.371 e. The number of pyridine rings is 1. The normalized spacial score (nSPS) is 18.7. The zero-order valence-corrected chi connectivity index (χ0v) is 18.7. The Labute approximate surface area is 181 Å². The molecule has 0 aliphatic heterocycles. The summed E-state index contributed by atoms with van der Waals surface area (Å²) in [6.07, 6.45) is 5.67. The molecule has 0 spiro atoms. The molecule has 0 radical (unpaired) electrons. The van der Waals surface area contributed by atoms with E-state index in [2.05, 4.69) is 55.2 Å². The molecule has 0 atom stereocenters. The number of benzene rings is 1. The molecular weight excluding hydrogens is 372 g/mol. The predicted octanol–water partition coefficient (Wildman–Crippen LogP) is 5.12. The van der Waals surface area contributed by atoms with Crippen molar-refractivity contribution in [3.63, 3.8) is 0 Å². The summed E-state index contributed by atoms with van der Waals surface area (Å²) >= 11 is 0. The summed E-state index contributed by atoms with van der Waals surface area (Å²) < 4.78 is 0. The van der Waals surface area contributed by atoms with E-state index in [4.69, 9.17) is 0 Å². The van der Waals surface area contributed by atoms with Gasteiger partial charge < -0.3 is 10.2 Å². The number of nitrogens with one attached hydrogen (secondary N) is 1. The first-order valence-corrected chi connectivity index (χ1v) is 10.8. The first kappa shape index (κ1) is 21.8. The molecule has 5 nitrogen and oxygen atoms in total. The lowest BCUT2D eigenvalue weighted by molar-refractivity contribution is 0.0925. The van der Waals surface area contributed by atoms with Gasteiger partial charge in [0.2, 0.25) is 0 Å². The lowest BCUT2D eigenvalue weighted by Gasteiger charge is -2.37. The minimum atomic E-state index is -0.0341. The summed E-state index contributed by atoms with van der Waals surface area (Å²) in [5.74, 6) is 0.325.